The maximum absolute atomic E-state index is 12.8. The minimum Gasteiger partial charge on any atom is -0.321 e. The summed E-state index contributed by atoms with van der Waals surface area (Å²) in [6.07, 6.45) is 1.59. The van der Waals surface area contributed by atoms with Crippen LogP contribution in [0, 0.1) is 42.2 Å². The van der Waals surface area contributed by atoms with Crippen molar-refractivity contribution in [3.05, 3.63) is 116 Å². The van der Waals surface area contributed by atoms with Crippen LogP contribution in [-0.2, 0) is 4.79 Å². The molecule has 0 unspecified atom stereocenters. The van der Waals surface area contributed by atoms with Crippen molar-refractivity contribution in [1.82, 2.24) is 4.57 Å². The van der Waals surface area contributed by atoms with Gasteiger partial charge in [0.05, 0.1) is 4.92 Å². The van der Waals surface area contributed by atoms with Crippen LogP contribution in [0.5, 0.6) is 0 Å². The van der Waals surface area contributed by atoms with Crippen molar-refractivity contribution in [2.24, 2.45) is 0 Å². The van der Waals surface area contributed by atoms with E-state index in [1.165, 1.54) is 23.9 Å². The summed E-state index contributed by atoms with van der Waals surface area (Å²) in [4.78, 5) is 25.1. The number of nitro groups is 1. The molecule has 0 aliphatic rings. The van der Waals surface area contributed by atoms with Crippen LogP contribution in [0.3, 0.4) is 0 Å². The summed E-state index contributed by atoms with van der Waals surface area (Å²) in [5, 5.41) is 23.8. The number of anilines is 1. The zero-order chi connectivity index (χ0) is 27.4. The number of non-ortho nitro benzene ring substituents is 1. The van der Waals surface area contributed by atoms with Gasteiger partial charge in [-0.25, -0.2) is 0 Å². The number of carbonyl (C=O) groups excluding carboxylic acids is 1. The highest BCUT2D eigenvalue weighted by molar-refractivity contribution is 7.99. The van der Waals surface area contributed by atoms with Gasteiger partial charge in [-0.1, -0.05) is 29.4 Å². The van der Waals surface area contributed by atoms with E-state index in [1.54, 1.807) is 36.4 Å². The Bertz CT molecular complexity index is 1600. The van der Waals surface area contributed by atoms with Crippen molar-refractivity contribution in [3.63, 3.8) is 0 Å². The Balaban J connectivity index is 1.53. The van der Waals surface area contributed by atoms with E-state index in [0.29, 0.717) is 10.7 Å². The number of aromatic nitrogens is 1. The van der Waals surface area contributed by atoms with E-state index in [0.717, 1.165) is 38.0 Å². The third kappa shape index (κ3) is 5.97. The van der Waals surface area contributed by atoms with Crippen LogP contribution in [0.25, 0.3) is 11.8 Å². The van der Waals surface area contributed by atoms with Crippen LogP contribution in [0.2, 0.25) is 5.02 Å². The van der Waals surface area contributed by atoms with Crippen LogP contribution < -0.4 is 5.32 Å². The summed E-state index contributed by atoms with van der Waals surface area (Å²) >= 11 is 7.66. The van der Waals surface area contributed by atoms with Gasteiger partial charge in [-0.3, -0.25) is 14.9 Å². The highest BCUT2D eigenvalue weighted by Gasteiger charge is 2.15. The lowest BCUT2D eigenvalue weighted by molar-refractivity contribution is -0.384. The Morgan fingerprint density at radius 2 is 1.66 bits per heavy atom. The maximum Gasteiger partial charge on any atom is 0.269 e. The molecule has 1 heterocycles. The van der Waals surface area contributed by atoms with Crippen LogP contribution in [0.15, 0.2) is 88.2 Å². The Hall–Kier alpha value is -4.32. The first-order valence-electron chi connectivity index (χ1n) is 11.6. The van der Waals surface area contributed by atoms with Crippen molar-refractivity contribution >= 4 is 46.7 Å². The fourth-order valence-corrected chi connectivity index (χ4v) is 4.94. The van der Waals surface area contributed by atoms with Gasteiger partial charge in [0.15, 0.2) is 0 Å². The molecule has 38 heavy (non-hydrogen) atoms. The van der Waals surface area contributed by atoms with E-state index >= 15 is 0 Å². The molecule has 1 aromatic heterocycles. The van der Waals surface area contributed by atoms with Gasteiger partial charge in [0.2, 0.25) is 0 Å². The molecule has 1 N–H and O–H groups in total. The Kier molecular flexibility index (Phi) is 8.01. The van der Waals surface area contributed by atoms with E-state index in [9.17, 15) is 20.2 Å². The molecule has 4 aromatic rings. The summed E-state index contributed by atoms with van der Waals surface area (Å²) in [6, 6.07) is 23.5. The number of benzene rings is 3. The lowest BCUT2D eigenvalue weighted by Crippen LogP contribution is -2.13. The third-order valence-corrected chi connectivity index (χ3v) is 7.37. The molecule has 1 amide bonds. The third-order valence-electron chi connectivity index (χ3n) is 5.94. The van der Waals surface area contributed by atoms with Crippen LogP contribution in [0.1, 0.15) is 22.5 Å². The van der Waals surface area contributed by atoms with Crippen molar-refractivity contribution < 1.29 is 9.72 Å². The van der Waals surface area contributed by atoms with Gasteiger partial charge in [0, 0.05) is 49.7 Å². The Morgan fingerprint density at radius 1 is 1.03 bits per heavy atom. The fourth-order valence-electron chi connectivity index (χ4n) is 3.94. The molecule has 0 aliphatic carbocycles. The number of hydrogen-bond donors (Lipinski definition) is 1. The van der Waals surface area contributed by atoms with Gasteiger partial charge in [0.1, 0.15) is 11.6 Å². The average Bonchev–Trinajstić information content (AvgIpc) is 3.17. The Morgan fingerprint density at radius 3 is 2.24 bits per heavy atom. The predicted molar refractivity (Wildman–Crippen MR) is 151 cm³/mol. The second kappa shape index (κ2) is 11.4. The number of aryl methyl sites for hydroxylation is 2. The summed E-state index contributed by atoms with van der Waals surface area (Å²) in [7, 11) is 0. The predicted octanol–water partition coefficient (Wildman–Crippen LogP) is 7.66. The first-order chi connectivity index (χ1) is 18.2. The smallest absolute Gasteiger partial charge is 0.269 e. The molecule has 0 aliphatic heterocycles. The number of nitro benzene ring substituents is 1. The number of amides is 1. The van der Waals surface area contributed by atoms with E-state index in [2.05, 4.69) is 9.88 Å². The largest absolute Gasteiger partial charge is 0.321 e. The topological polar surface area (TPSA) is 101 Å². The van der Waals surface area contributed by atoms with E-state index in [1.807, 2.05) is 57.2 Å². The second-order valence-corrected chi connectivity index (χ2v) is 10.2. The molecule has 7 nitrogen and oxygen atoms in total. The molecule has 190 valence electrons. The highest BCUT2D eigenvalue weighted by atomic mass is 35.5. The van der Waals surface area contributed by atoms with Crippen LogP contribution in [0.4, 0.5) is 11.4 Å². The van der Waals surface area contributed by atoms with Crippen LogP contribution >= 0.6 is 23.4 Å². The van der Waals surface area contributed by atoms with Gasteiger partial charge >= 0.3 is 0 Å². The number of nitriles is 1. The number of nitrogens with one attached hydrogen (secondary N) is 1. The molecule has 0 bridgehead atoms. The zero-order valence-electron chi connectivity index (χ0n) is 20.9. The summed E-state index contributed by atoms with van der Waals surface area (Å²) in [5.74, 6) is -0.509. The van der Waals surface area contributed by atoms with Gasteiger partial charge < -0.3 is 9.88 Å². The summed E-state index contributed by atoms with van der Waals surface area (Å²) in [6.45, 7) is 5.77. The molecule has 3 aromatic carbocycles. The number of halogens is 1. The molecule has 9 heteroatoms. The van der Waals surface area contributed by atoms with Gasteiger partial charge in [0.25, 0.3) is 11.6 Å². The molecule has 0 saturated carbocycles. The quantitative estimate of drug-likeness (QED) is 0.112. The number of carbonyl (C=O) groups is 1. The molecule has 0 atom stereocenters. The Labute approximate surface area is 229 Å². The highest BCUT2D eigenvalue weighted by Crippen LogP contribution is 2.31. The molecule has 0 saturated heterocycles. The van der Waals surface area contributed by atoms with Crippen molar-refractivity contribution in [3.8, 4) is 11.8 Å². The minimum absolute atomic E-state index is 0.0169. The standard InChI is InChI=1S/C29H23ClN4O3S/c1-18-4-5-23(16-28(18)30)32-29(35)22(17-31)15-21-14-19(2)33(20(21)3)24-6-10-26(11-7-24)38-27-12-8-25(9-13-27)34(36)37/h4-16H,1-3H3,(H,32,35)/b22-15+. The van der Waals surface area contributed by atoms with E-state index < -0.39 is 10.8 Å². The zero-order valence-corrected chi connectivity index (χ0v) is 22.4. The molecule has 0 radical (unpaired) electrons. The molecule has 4 rings (SSSR count). The van der Waals surface area contributed by atoms with Gasteiger partial charge in [-0.05, 0) is 92.6 Å². The second-order valence-electron chi connectivity index (χ2n) is 8.60. The van der Waals surface area contributed by atoms with Gasteiger partial charge in [-0.15, -0.1) is 0 Å². The SMILES string of the molecule is Cc1ccc(NC(=O)/C(C#N)=C/c2cc(C)n(-c3ccc(Sc4ccc([N+](=O)[O-])cc4)cc3)c2C)cc1Cl. The molecular formula is C29H23ClN4O3S. The molecule has 0 spiro atoms. The van der Waals surface area contributed by atoms with Gasteiger partial charge in [-0.2, -0.15) is 5.26 Å². The van der Waals surface area contributed by atoms with Crippen molar-refractivity contribution in [2.45, 2.75) is 30.6 Å². The summed E-state index contributed by atoms with van der Waals surface area (Å²) in [5.41, 5.74) is 4.99. The average molecular weight is 543 g/mol. The first kappa shape index (κ1) is 26.7. The number of rotatable bonds is 7. The number of hydrogen-bond acceptors (Lipinski definition) is 5. The van der Waals surface area contributed by atoms with E-state index in [-0.39, 0.29) is 11.3 Å². The van der Waals surface area contributed by atoms with Crippen molar-refractivity contribution in [2.75, 3.05) is 5.32 Å². The lowest BCUT2D eigenvalue weighted by atomic mass is 10.1. The normalized spacial score (nSPS) is 11.2. The summed E-state index contributed by atoms with van der Waals surface area (Å²) < 4.78 is 2.05. The molecular weight excluding hydrogens is 520 g/mol. The fraction of sp³-hybridized carbons (Fsp3) is 0.103. The number of nitrogens with zero attached hydrogens (tertiary/aromatic N) is 3. The van der Waals surface area contributed by atoms with Crippen LogP contribution in [-0.4, -0.2) is 15.4 Å². The van der Waals surface area contributed by atoms with E-state index in [4.69, 9.17) is 11.6 Å². The van der Waals surface area contributed by atoms with Crippen molar-refractivity contribution in [1.29, 1.82) is 5.26 Å². The minimum atomic E-state index is -0.509. The maximum atomic E-state index is 12.8. The first-order valence-corrected chi connectivity index (χ1v) is 12.8. The lowest BCUT2D eigenvalue weighted by Gasteiger charge is -2.11. The molecule has 0 fully saturated rings. The monoisotopic (exact) mass is 542 g/mol.